The molecule has 7 rings (SSSR count). The Morgan fingerprint density at radius 1 is 0.977 bits per heavy atom. The van der Waals surface area contributed by atoms with Gasteiger partial charge in [0.25, 0.3) is 5.56 Å². The number of imidazole rings is 2. The molecule has 0 saturated carbocycles. The minimum atomic E-state index is -5.06. The zero-order valence-electron chi connectivity index (χ0n) is 22.1. The standard InChI is InChI=1S/C21H24FN10O11P/c22-8-12-6(40-18(8)32-5-28-10-16(32)29-21(24)30-17(10)35)1-39-44(36,37)43-13-11(34)20(41-7(33)2-38-12)42-19(13)31-4-27-9-14(23)25-3-26-15(9)31/h3-8,11-13,18-20,33-34H,1-2H2,(H,36,37)(H2,23,25,26)(H3,24,29,30,35). The number of aliphatic hydroxyl groups is 2. The summed E-state index contributed by atoms with van der Waals surface area (Å²) in [5.41, 5.74) is 10.9. The zero-order valence-corrected chi connectivity index (χ0v) is 23.0. The number of aromatic nitrogens is 8. The number of rotatable bonds is 2. The van der Waals surface area contributed by atoms with E-state index >= 15 is 4.39 Å². The van der Waals surface area contributed by atoms with Crippen molar-refractivity contribution >= 4 is 41.9 Å². The van der Waals surface area contributed by atoms with Crippen molar-refractivity contribution in [1.29, 1.82) is 0 Å². The summed E-state index contributed by atoms with van der Waals surface area (Å²) in [6.45, 7) is -1.42. The summed E-state index contributed by atoms with van der Waals surface area (Å²) in [5.74, 6) is -0.218. The Morgan fingerprint density at radius 2 is 1.73 bits per heavy atom. The topological polar surface area (TPSA) is 292 Å². The van der Waals surface area contributed by atoms with E-state index in [2.05, 4.69) is 29.9 Å². The fourth-order valence-corrected chi connectivity index (χ4v) is 6.18. The molecule has 3 saturated heterocycles. The number of aliphatic hydroxyl groups excluding tert-OH is 2. The van der Waals surface area contributed by atoms with E-state index < -0.39 is 82.2 Å². The highest BCUT2D eigenvalue weighted by Crippen LogP contribution is 2.50. The van der Waals surface area contributed by atoms with Gasteiger partial charge in [0.1, 0.15) is 36.3 Å². The number of hydrogen-bond acceptors (Lipinski definition) is 17. The van der Waals surface area contributed by atoms with E-state index in [0.717, 1.165) is 17.2 Å². The van der Waals surface area contributed by atoms with Gasteiger partial charge in [-0.05, 0) is 0 Å². The van der Waals surface area contributed by atoms with Crippen LogP contribution in [0.4, 0.5) is 16.2 Å². The summed E-state index contributed by atoms with van der Waals surface area (Å²) in [6, 6.07) is 0. The average molecular weight is 642 g/mol. The molecule has 8 N–H and O–H groups in total. The molecule has 0 spiro atoms. The molecule has 0 aromatic carbocycles. The van der Waals surface area contributed by atoms with Gasteiger partial charge in [0.05, 0.1) is 25.9 Å². The molecule has 7 heterocycles. The lowest BCUT2D eigenvalue weighted by Crippen LogP contribution is -2.39. The van der Waals surface area contributed by atoms with E-state index in [4.69, 9.17) is 39.5 Å². The zero-order chi connectivity index (χ0) is 30.9. The lowest BCUT2D eigenvalue weighted by Gasteiger charge is -2.25. The second-order valence-corrected chi connectivity index (χ2v) is 11.4. The monoisotopic (exact) mass is 642 g/mol. The van der Waals surface area contributed by atoms with Crippen LogP contribution >= 0.6 is 7.82 Å². The number of nitrogens with one attached hydrogen (secondary N) is 1. The molecule has 0 aliphatic carbocycles. The molecular formula is C21H24FN10O11P. The molecule has 0 amide bonds. The summed E-state index contributed by atoms with van der Waals surface area (Å²) in [5, 5.41) is 21.5. The van der Waals surface area contributed by atoms with Gasteiger partial charge in [-0.3, -0.25) is 28.0 Å². The molecule has 236 valence electrons. The van der Waals surface area contributed by atoms with E-state index in [1.807, 2.05) is 0 Å². The number of aromatic amines is 1. The van der Waals surface area contributed by atoms with E-state index in [0.29, 0.717) is 0 Å². The average Bonchev–Trinajstić information content (AvgIpc) is 3.72. The third kappa shape index (κ3) is 4.90. The quantitative estimate of drug-likeness (QED) is 0.127. The summed E-state index contributed by atoms with van der Waals surface area (Å²) >= 11 is 0. The van der Waals surface area contributed by atoms with Crippen molar-refractivity contribution in [3.63, 3.8) is 0 Å². The van der Waals surface area contributed by atoms with Crippen molar-refractivity contribution < 1.29 is 52.1 Å². The smallest absolute Gasteiger partial charge is 0.385 e. The Labute approximate surface area is 243 Å². The number of nitrogen functional groups attached to an aromatic ring is 2. The van der Waals surface area contributed by atoms with Crippen LogP contribution in [-0.2, 0) is 32.6 Å². The fourth-order valence-electron chi connectivity index (χ4n) is 5.25. The Bertz CT molecular complexity index is 1820. The van der Waals surface area contributed by atoms with Crippen molar-refractivity contribution in [3.8, 4) is 0 Å². The Hall–Kier alpha value is -3.70. The Morgan fingerprint density at radius 3 is 2.52 bits per heavy atom. The van der Waals surface area contributed by atoms with Crippen LogP contribution in [0.25, 0.3) is 22.3 Å². The normalized spacial score (nSPS) is 36.6. The minimum absolute atomic E-state index is 0.0359. The summed E-state index contributed by atoms with van der Waals surface area (Å²) < 4.78 is 64.3. The van der Waals surface area contributed by atoms with Gasteiger partial charge < -0.3 is 45.5 Å². The number of nitrogens with two attached hydrogens (primary N) is 2. The second kappa shape index (κ2) is 10.7. The van der Waals surface area contributed by atoms with Crippen molar-refractivity contribution in [2.45, 2.75) is 55.6 Å². The lowest BCUT2D eigenvalue weighted by atomic mass is 10.1. The molecular weight excluding hydrogens is 618 g/mol. The first-order valence-electron chi connectivity index (χ1n) is 12.9. The van der Waals surface area contributed by atoms with E-state index in [-0.39, 0.29) is 34.1 Å². The number of anilines is 2. The van der Waals surface area contributed by atoms with E-state index in [1.165, 1.54) is 10.9 Å². The van der Waals surface area contributed by atoms with Gasteiger partial charge in [-0.25, -0.2) is 28.9 Å². The van der Waals surface area contributed by atoms with Crippen molar-refractivity contribution in [1.82, 2.24) is 39.0 Å². The highest BCUT2D eigenvalue weighted by Gasteiger charge is 2.53. The Balaban J connectivity index is 1.18. The lowest BCUT2D eigenvalue weighted by molar-refractivity contribution is -0.263. The van der Waals surface area contributed by atoms with E-state index in [1.54, 1.807) is 0 Å². The summed E-state index contributed by atoms with van der Waals surface area (Å²) in [7, 11) is -5.06. The number of ether oxygens (including phenoxy) is 4. The third-order valence-corrected chi connectivity index (χ3v) is 8.19. The second-order valence-electron chi connectivity index (χ2n) is 9.98. The van der Waals surface area contributed by atoms with Crippen LogP contribution in [0.5, 0.6) is 0 Å². The molecule has 3 aliphatic rings. The van der Waals surface area contributed by atoms with Crippen LogP contribution in [0.15, 0.2) is 23.8 Å². The molecule has 3 aliphatic heterocycles. The molecule has 10 atom stereocenters. The number of H-pyrrole nitrogens is 1. The highest BCUT2D eigenvalue weighted by atomic mass is 31.2. The number of hydrogen-bond donors (Lipinski definition) is 6. The van der Waals surface area contributed by atoms with Crippen molar-refractivity contribution in [2.24, 2.45) is 0 Å². The summed E-state index contributed by atoms with van der Waals surface area (Å²) in [6.07, 6.45) is -11.1. The van der Waals surface area contributed by atoms with Gasteiger partial charge in [-0.15, -0.1) is 0 Å². The largest absolute Gasteiger partial charge is 0.472 e. The number of alkyl halides is 1. The van der Waals surface area contributed by atoms with Gasteiger partial charge >= 0.3 is 7.82 Å². The number of phosphoric ester groups is 1. The first-order valence-corrected chi connectivity index (χ1v) is 14.4. The first-order chi connectivity index (χ1) is 21.0. The third-order valence-electron chi connectivity index (χ3n) is 7.20. The number of fused-ring (bicyclic) bond motifs is 5. The van der Waals surface area contributed by atoms with Gasteiger partial charge in [-0.1, -0.05) is 0 Å². The fraction of sp³-hybridized carbons (Fsp3) is 0.524. The Kier molecular flexibility index (Phi) is 7.08. The number of phosphoric acid groups is 1. The molecule has 10 unspecified atom stereocenters. The van der Waals surface area contributed by atoms with Crippen LogP contribution < -0.4 is 17.0 Å². The van der Waals surface area contributed by atoms with Gasteiger partial charge in [0, 0.05) is 0 Å². The van der Waals surface area contributed by atoms with Crippen LogP contribution in [0.3, 0.4) is 0 Å². The van der Waals surface area contributed by atoms with Gasteiger partial charge in [0.2, 0.25) is 5.95 Å². The van der Waals surface area contributed by atoms with Crippen molar-refractivity contribution in [2.75, 3.05) is 24.7 Å². The SMILES string of the molecule is Nc1nc2c(ncn2C2OC3COP(=O)(O)OC4C(O)C(OC(O)COC3C2F)OC4n2cnc3c(N)ncnc32)c(=O)[nH]1. The maximum atomic E-state index is 15.8. The predicted molar refractivity (Wildman–Crippen MR) is 139 cm³/mol. The molecule has 44 heavy (non-hydrogen) atoms. The molecule has 2 bridgehead atoms. The molecule has 3 fully saturated rings. The van der Waals surface area contributed by atoms with Crippen LogP contribution in [0, 0.1) is 0 Å². The van der Waals surface area contributed by atoms with Crippen LogP contribution in [0.1, 0.15) is 12.5 Å². The minimum Gasteiger partial charge on any atom is -0.385 e. The van der Waals surface area contributed by atoms with Gasteiger partial charge in [0.15, 0.2) is 53.8 Å². The summed E-state index contributed by atoms with van der Waals surface area (Å²) in [4.78, 5) is 45.1. The number of nitrogens with zero attached hydrogens (tertiary/aromatic N) is 7. The molecule has 23 heteroatoms. The molecule has 4 aromatic heterocycles. The van der Waals surface area contributed by atoms with Crippen molar-refractivity contribution in [3.05, 3.63) is 29.3 Å². The number of halogens is 1. The maximum Gasteiger partial charge on any atom is 0.472 e. The first kappa shape index (κ1) is 29.0. The van der Waals surface area contributed by atoms with Crippen LogP contribution in [0.2, 0.25) is 0 Å². The predicted octanol–water partition coefficient (Wildman–Crippen LogP) is -2.19. The highest BCUT2D eigenvalue weighted by molar-refractivity contribution is 7.47. The maximum absolute atomic E-state index is 15.8. The van der Waals surface area contributed by atoms with Crippen LogP contribution in [-0.4, -0.2) is 111 Å². The van der Waals surface area contributed by atoms with Gasteiger partial charge in [-0.2, -0.15) is 4.98 Å². The molecule has 21 nitrogen and oxygen atoms in total. The van der Waals surface area contributed by atoms with E-state index in [9.17, 15) is 24.5 Å². The molecule has 4 aromatic rings. The molecule has 0 radical (unpaired) electrons.